The zero-order chi connectivity index (χ0) is 23.0. The molecule has 0 bridgehead atoms. The van der Waals surface area contributed by atoms with E-state index in [-0.39, 0.29) is 5.92 Å². The maximum atomic E-state index is 12.4. The van der Waals surface area contributed by atoms with E-state index >= 15 is 0 Å². The standard InChI is InChI=1S/C28H33ClO3/c1-17-15-21-10-9-19(8-7-18-5-6-18)16-23(21)25(20-11-13-22(29)14-12-20)24(17)26(27(30)31)32-28(2,3)4/h9-11,13-16,18,20,26H,5-8,12H2,1-4H3,(H,30,31). The molecule has 2 aromatic carbocycles. The second kappa shape index (κ2) is 9.03. The Hall–Kier alpha value is -2.10. The van der Waals surface area contributed by atoms with Crippen molar-refractivity contribution in [1.29, 1.82) is 0 Å². The fraction of sp³-hybridized carbons (Fsp3) is 0.464. The third-order valence-corrected chi connectivity index (χ3v) is 6.70. The molecule has 2 aliphatic rings. The van der Waals surface area contributed by atoms with Crippen LogP contribution in [0.1, 0.15) is 80.7 Å². The van der Waals surface area contributed by atoms with Crippen LogP contribution in [0.3, 0.4) is 0 Å². The number of halogens is 1. The minimum atomic E-state index is -1.03. The van der Waals surface area contributed by atoms with Gasteiger partial charge in [-0.1, -0.05) is 60.9 Å². The van der Waals surface area contributed by atoms with Crippen molar-refractivity contribution in [2.24, 2.45) is 5.92 Å². The van der Waals surface area contributed by atoms with Crippen molar-refractivity contribution in [2.75, 3.05) is 0 Å². The molecule has 0 spiro atoms. The number of carbonyl (C=O) groups is 1. The van der Waals surface area contributed by atoms with Crippen molar-refractivity contribution in [3.05, 3.63) is 69.8 Å². The van der Waals surface area contributed by atoms with Crippen molar-refractivity contribution >= 4 is 28.3 Å². The lowest BCUT2D eigenvalue weighted by Gasteiger charge is -2.30. The zero-order valence-corrected chi connectivity index (χ0v) is 20.2. The van der Waals surface area contributed by atoms with Gasteiger partial charge in [0.2, 0.25) is 0 Å². The third kappa shape index (κ3) is 5.27. The number of carboxylic acid groups (broad SMARTS) is 1. The van der Waals surface area contributed by atoms with E-state index in [9.17, 15) is 9.90 Å². The van der Waals surface area contributed by atoms with Crippen molar-refractivity contribution in [3.63, 3.8) is 0 Å². The molecular formula is C28H33ClO3. The molecule has 0 aromatic heterocycles. The quantitative estimate of drug-likeness (QED) is 0.470. The zero-order valence-electron chi connectivity index (χ0n) is 19.5. The topological polar surface area (TPSA) is 46.5 Å². The predicted molar refractivity (Wildman–Crippen MR) is 131 cm³/mol. The number of aliphatic carboxylic acids is 1. The summed E-state index contributed by atoms with van der Waals surface area (Å²) in [5, 5.41) is 13.2. The minimum Gasteiger partial charge on any atom is -0.479 e. The molecule has 1 N–H and O–H groups in total. The van der Waals surface area contributed by atoms with Gasteiger partial charge in [-0.3, -0.25) is 0 Å². The Labute approximate surface area is 196 Å². The summed E-state index contributed by atoms with van der Waals surface area (Å²) in [6.45, 7) is 7.70. The minimum absolute atomic E-state index is 0.0546. The van der Waals surface area contributed by atoms with E-state index < -0.39 is 17.7 Å². The molecule has 0 amide bonds. The summed E-state index contributed by atoms with van der Waals surface area (Å²) in [4.78, 5) is 12.4. The van der Waals surface area contributed by atoms with Gasteiger partial charge in [0, 0.05) is 11.0 Å². The Balaban J connectivity index is 1.89. The third-order valence-electron chi connectivity index (χ3n) is 6.42. The molecule has 2 aliphatic carbocycles. The number of fused-ring (bicyclic) bond motifs is 1. The molecule has 2 aromatic rings. The fourth-order valence-corrected chi connectivity index (χ4v) is 4.87. The van der Waals surface area contributed by atoms with Gasteiger partial charge < -0.3 is 9.84 Å². The Bertz CT molecular complexity index is 1090. The van der Waals surface area contributed by atoms with Gasteiger partial charge in [0.05, 0.1) is 5.60 Å². The van der Waals surface area contributed by atoms with Crippen LogP contribution < -0.4 is 0 Å². The molecular weight excluding hydrogens is 420 g/mol. The molecule has 0 aliphatic heterocycles. The van der Waals surface area contributed by atoms with Crippen LogP contribution in [-0.2, 0) is 16.0 Å². The number of aryl methyl sites for hydroxylation is 2. The number of hydrogen-bond acceptors (Lipinski definition) is 2. The average molecular weight is 453 g/mol. The fourth-order valence-electron chi connectivity index (χ4n) is 4.71. The summed E-state index contributed by atoms with van der Waals surface area (Å²) in [6.07, 6.45) is 10.8. The second-order valence-corrected chi connectivity index (χ2v) is 10.7. The normalized spacial score (nSPS) is 19.8. The molecule has 0 saturated heterocycles. The van der Waals surface area contributed by atoms with Gasteiger partial charge in [-0.05, 0) is 92.0 Å². The van der Waals surface area contributed by atoms with Gasteiger partial charge in [0.15, 0.2) is 6.10 Å². The number of allylic oxidation sites excluding steroid dienone is 4. The van der Waals surface area contributed by atoms with Crippen LogP contribution in [-0.4, -0.2) is 16.7 Å². The molecule has 4 heteroatoms. The van der Waals surface area contributed by atoms with E-state index in [1.165, 1.54) is 24.8 Å². The smallest absolute Gasteiger partial charge is 0.337 e. The molecule has 0 radical (unpaired) electrons. The predicted octanol–water partition coefficient (Wildman–Crippen LogP) is 7.60. The molecule has 0 heterocycles. The van der Waals surface area contributed by atoms with Gasteiger partial charge >= 0.3 is 5.97 Å². The summed E-state index contributed by atoms with van der Waals surface area (Å²) >= 11 is 6.22. The number of rotatable bonds is 7. The SMILES string of the molecule is Cc1cc2ccc(CCC3CC3)cc2c(C2C=CC(Cl)=CC2)c1C(OC(C)(C)C)C(=O)O. The highest BCUT2D eigenvalue weighted by molar-refractivity contribution is 6.31. The van der Waals surface area contributed by atoms with E-state index in [0.717, 1.165) is 51.3 Å². The first-order chi connectivity index (χ1) is 15.1. The first-order valence-electron chi connectivity index (χ1n) is 11.6. The van der Waals surface area contributed by atoms with Crippen LogP contribution in [0.25, 0.3) is 10.8 Å². The summed E-state index contributed by atoms with van der Waals surface area (Å²) in [5.41, 5.74) is 3.52. The van der Waals surface area contributed by atoms with Crippen LogP contribution in [0.5, 0.6) is 0 Å². The Morgan fingerprint density at radius 1 is 1.25 bits per heavy atom. The Morgan fingerprint density at radius 3 is 2.59 bits per heavy atom. The van der Waals surface area contributed by atoms with E-state index in [2.05, 4.69) is 30.3 Å². The number of carboxylic acids is 1. The Morgan fingerprint density at radius 2 is 2.00 bits per heavy atom. The van der Waals surface area contributed by atoms with Crippen molar-refractivity contribution in [3.8, 4) is 0 Å². The lowest BCUT2D eigenvalue weighted by atomic mass is 9.81. The Kier molecular flexibility index (Phi) is 6.51. The van der Waals surface area contributed by atoms with Crippen LogP contribution in [0.15, 0.2) is 47.5 Å². The van der Waals surface area contributed by atoms with Crippen LogP contribution in [0, 0.1) is 12.8 Å². The van der Waals surface area contributed by atoms with Gasteiger partial charge in [-0.2, -0.15) is 0 Å². The lowest BCUT2D eigenvalue weighted by molar-refractivity contribution is -0.160. The first kappa shape index (κ1) is 23.1. The van der Waals surface area contributed by atoms with Crippen LogP contribution in [0.4, 0.5) is 0 Å². The first-order valence-corrected chi connectivity index (χ1v) is 12.0. The average Bonchev–Trinajstić information content (AvgIpc) is 3.54. The van der Waals surface area contributed by atoms with Gasteiger partial charge in [-0.15, -0.1) is 0 Å². The van der Waals surface area contributed by atoms with Crippen LogP contribution >= 0.6 is 11.6 Å². The molecule has 170 valence electrons. The van der Waals surface area contributed by atoms with Crippen molar-refractivity contribution in [1.82, 2.24) is 0 Å². The lowest BCUT2D eigenvalue weighted by Crippen LogP contribution is -2.29. The van der Waals surface area contributed by atoms with Gasteiger partial charge in [0.1, 0.15) is 0 Å². The molecule has 1 saturated carbocycles. The number of ether oxygens (including phenoxy) is 1. The van der Waals surface area contributed by atoms with Gasteiger partial charge in [0.25, 0.3) is 0 Å². The van der Waals surface area contributed by atoms with Crippen LogP contribution in [0.2, 0.25) is 0 Å². The van der Waals surface area contributed by atoms with E-state index in [4.69, 9.17) is 16.3 Å². The van der Waals surface area contributed by atoms with E-state index in [1.807, 2.05) is 39.8 Å². The molecule has 32 heavy (non-hydrogen) atoms. The number of hydrogen-bond donors (Lipinski definition) is 1. The second-order valence-electron chi connectivity index (χ2n) is 10.3. The summed E-state index contributed by atoms with van der Waals surface area (Å²) < 4.78 is 6.12. The highest BCUT2D eigenvalue weighted by Gasteiger charge is 2.33. The highest BCUT2D eigenvalue weighted by Crippen LogP contribution is 2.42. The molecule has 4 rings (SSSR count). The van der Waals surface area contributed by atoms with Crippen molar-refractivity contribution in [2.45, 2.75) is 77.4 Å². The summed E-state index contributed by atoms with van der Waals surface area (Å²) in [7, 11) is 0. The molecule has 2 atom stereocenters. The molecule has 2 unspecified atom stereocenters. The maximum absolute atomic E-state index is 12.4. The monoisotopic (exact) mass is 452 g/mol. The summed E-state index contributed by atoms with van der Waals surface area (Å²) in [6, 6.07) is 8.80. The number of benzene rings is 2. The van der Waals surface area contributed by atoms with E-state index in [1.54, 1.807) is 0 Å². The van der Waals surface area contributed by atoms with Crippen molar-refractivity contribution < 1.29 is 14.6 Å². The van der Waals surface area contributed by atoms with Gasteiger partial charge in [-0.25, -0.2) is 4.79 Å². The molecule has 1 fully saturated rings. The summed E-state index contributed by atoms with van der Waals surface area (Å²) in [5.74, 6) is -0.0234. The molecule has 3 nitrogen and oxygen atoms in total. The largest absolute Gasteiger partial charge is 0.479 e. The highest BCUT2D eigenvalue weighted by atomic mass is 35.5. The van der Waals surface area contributed by atoms with E-state index in [0.29, 0.717) is 0 Å². The maximum Gasteiger partial charge on any atom is 0.337 e.